The number of nitrogens with zero attached hydrogens (tertiary/aromatic N) is 2. The number of hydrogen-bond donors (Lipinski definition) is 1. The third kappa shape index (κ3) is 8.28. The van der Waals surface area contributed by atoms with E-state index in [0.717, 1.165) is 11.8 Å². The van der Waals surface area contributed by atoms with Crippen LogP contribution in [0, 0.1) is 0 Å². The summed E-state index contributed by atoms with van der Waals surface area (Å²) in [7, 11) is -2.11. The van der Waals surface area contributed by atoms with Crippen molar-refractivity contribution in [3.05, 3.63) is 60.2 Å². The minimum Gasteiger partial charge on any atom is -0.495 e. The van der Waals surface area contributed by atoms with Crippen LogP contribution in [-0.2, 0) is 26.0 Å². The molecular weight excluding hydrogens is 466 g/mol. The molecule has 0 saturated heterocycles. The Balaban J connectivity index is 2.16. The van der Waals surface area contributed by atoms with Crippen LogP contribution in [-0.4, -0.2) is 64.2 Å². The van der Waals surface area contributed by atoms with Crippen LogP contribution in [0.3, 0.4) is 0 Å². The van der Waals surface area contributed by atoms with Gasteiger partial charge in [0.05, 0.1) is 19.1 Å². The van der Waals surface area contributed by atoms with Crippen molar-refractivity contribution in [2.75, 3.05) is 37.3 Å². The zero-order chi connectivity index (χ0) is 25.8. The number of para-hydroxylation sites is 2. The molecule has 0 bridgehead atoms. The molecule has 192 valence electrons. The molecule has 0 aliphatic rings. The van der Waals surface area contributed by atoms with Gasteiger partial charge >= 0.3 is 0 Å². The molecule has 0 spiro atoms. The van der Waals surface area contributed by atoms with E-state index in [4.69, 9.17) is 4.74 Å². The Morgan fingerprint density at radius 3 is 2.26 bits per heavy atom. The number of benzene rings is 2. The van der Waals surface area contributed by atoms with Gasteiger partial charge in [0.2, 0.25) is 21.8 Å². The van der Waals surface area contributed by atoms with Crippen LogP contribution in [0.2, 0.25) is 0 Å². The summed E-state index contributed by atoms with van der Waals surface area (Å²) in [4.78, 5) is 27.6. The van der Waals surface area contributed by atoms with Crippen LogP contribution < -0.4 is 14.4 Å². The number of sulfonamides is 1. The summed E-state index contributed by atoms with van der Waals surface area (Å²) in [5.41, 5.74) is 1.51. The van der Waals surface area contributed by atoms with Crippen LogP contribution in [0.4, 0.5) is 5.69 Å². The van der Waals surface area contributed by atoms with Gasteiger partial charge in [-0.05, 0) is 43.9 Å². The lowest BCUT2D eigenvalue weighted by Gasteiger charge is -2.31. The molecule has 0 unspecified atom stereocenters. The molecule has 1 N–H and O–H groups in total. The van der Waals surface area contributed by atoms with E-state index in [-0.39, 0.29) is 24.8 Å². The average Bonchev–Trinajstić information content (AvgIpc) is 2.84. The number of methoxy groups -OCH3 is 1. The van der Waals surface area contributed by atoms with Gasteiger partial charge in [0.1, 0.15) is 11.8 Å². The largest absolute Gasteiger partial charge is 0.495 e. The number of hydrogen-bond acceptors (Lipinski definition) is 5. The molecule has 1 atom stereocenters. The quantitative estimate of drug-likeness (QED) is 0.427. The van der Waals surface area contributed by atoms with Crippen LogP contribution in [0.15, 0.2) is 54.6 Å². The van der Waals surface area contributed by atoms with Crippen LogP contribution >= 0.6 is 0 Å². The number of anilines is 1. The molecule has 0 aromatic heterocycles. The van der Waals surface area contributed by atoms with Crippen LogP contribution in [0.1, 0.15) is 38.7 Å². The molecule has 0 aliphatic carbocycles. The highest BCUT2D eigenvalue weighted by Crippen LogP contribution is 2.29. The van der Waals surface area contributed by atoms with Gasteiger partial charge in [0.25, 0.3) is 0 Å². The zero-order valence-electron chi connectivity index (χ0n) is 21.1. The normalized spacial score (nSPS) is 12.0. The van der Waals surface area contributed by atoms with Gasteiger partial charge in [-0.1, -0.05) is 49.4 Å². The minimum absolute atomic E-state index is 0.117. The summed E-state index contributed by atoms with van der Waals surface area (Å²) < 4.78 is 31.6. The van der Waals surface area contributed by atoms with Crippen molar-refractivity contribution in [1.29, 1.82) is 0 Å². The summed E-state index contributed by atoms with van der Waals surface area (Å²) in [6.07, 6.45) is 2.67. The number of amides is 2. The van der Waals surface area contributed by atoms with E-state index >= 15 is 0 Å². The summed E-state index contributed by atoms with van der Waals surface area (Å²) in [5.74, 6) is 0.0896. The fraction of sp³-hybridized carbons (Fsp3) is 0.462. The average molecular weight is 504 g/mol. The Hall–Kier alpha value is -3.07. The van der Waals surface area contributed by atoms with E-state index in [1.165, 1.54) is 11.4 Å². The van der Waals surface area contributed by atoms with Crippen molar-refractivity contribution in [1.82, 2.24) is 10.2 Å². The predicted octanol–water partition coefficient (Wildman–Crippen LogP) is 3.23. The van der Waals surface area contributed by atoms with Crippen molar-refractivity contribution in [2.45, 2.75) is 45.6 Å². The van der Waals surface area contributed by atoms with Gasteiger partial charge in [0, 0.05) is 26.1 Å². The Kier molecular flexibility index (Phi) is 11.0. The molecule has 2 amide bonds. The third-order valence-electron chi connectivity index (χ3n) is 5.73. The summed E-state index contributed by atoms with van der Waals surface area (Å²) in [6, 6.07) is 16.1. The number of likely N-dealkylation sites (N-methyl/N-ethyl adjacent to an activating group) is 1. The first kappa shape index (κ1) is 28.2. The van der Waals surface area contributed by atoms with Crippen molar-refractivity contribution in [3.63, 3.8) is 0 Å². The van der Waals surface area contributed by atoms with Gasteiger partial charge in [-0.25, -0.2) is 8.42 Å². The first-order chi connectivity index (χ1) is 16.7. The molecule has 35 heavy (non-hydrogen) atoms. The predicted molar refractivity (Wildman–Crippen MR) is 139 cm³/mol. The molecule has 0 aliphatic heterocycles. The Morgan fingerprint density at radius 1 is 1.00 bits per heavy atom. The van der Waals surface area contributed by atoms with E-state index in [0.29, 0.717) is 43.8 Å². The summed E-state index contributed by atoms with van der Waals surface area (Å²) in [6.45, 7) is 4.74. The van der Waals surface area contributed by atoms with Crippen molar-refractivity contribution < 1.29 is 22.7 Å². The molecule has 8 nitrogen and oxygen atoms in total. The van der Waals surface area contributed by atoms with E-state index in [2.05, 4.69) is 5.32 Å². The van der Waals surface area contributed by atoms with Crippen molar-refractivity contribution in [3.8, 4) is 5.75 Å². The van der Waals surface area contributed by atoms with Gasteiger partial charge in [0.15, 0.2) is 0 Å². The first-order valence-corrected chi connectivity index (χ1v) is 13.8. The standard InChI is InChI=1S/C26H37N3O5S/c1-5-22(26(31)27-6-2)28(20-18-21-13-8-7-9-14-21)25(30)17-12-19-29(35(4,32)33)23-15-10-11-16-24(23)34-3/h7-11,13-16,22H,5-6,12,17-20H2,1-4H3,(H,27,31)/t22-/m1/s1. The molecule has 9 heteroatoms. The second-order valence-electron chi connectivity index (χ2n) is 8.25. The SMILES string of the molecule is CCNC(=O)[C@@H](CC)N(CCc1ccccc1)C(=O)CCCN(c1ccccc1OC)S(C)(=O)=O. The Labute approximate surface area is 209 Å². The van der Waals surface area contributed by atoms with E-state index in [9.17, 15) is 18.0 Å². The minimum atomic E-state index is -3.59. The summed E-state index contributed by atoms with van der Waals surface area (Å²) in [5, 5.41) is 2.82. The van der Waals surface area contributed by atoms with Gasteiger partial charge in [-0.15, -0.1) is 0 Å². The second-order valence-corrected chi connectivity index (χ2v) is 10.2. The number of rotatable bonds is 14. The fourth-order valence-electron chi connectivity index (χ4n) is 4.01. The molecule has 0 saturated carbocycles. The van der Waals surface area contributed by atoms with E-state index < -0.39 is 16.1 Å². The Bertz CT molecular complexity index is 1060. The maximum absolute atomic E-state index is 13.3. The Morgan fingerprint density at radius 2 is 1.66 bits per heavy atom. The molecule has 2 aromatic rings. The maximum atomic E-state index is 13.3. The molecule has 0 radical (unpaired) electrons. The lowest BCUT2D eigenvalue weighted by atomic mass is 10.1. The lowest BCUT2D eigenvalue weighted by molar-refractivity contribution is -0.140. The smallest absolute Gasteiger partial charge is 0.242 e. The molecular formula is C26H37N3O5S. The molecule has 2 aromatic carbocycles. The van der Waals surface area contributed by atoms with Gasteiger partial charge in [-0.3, -0.25) is 13.9 Å². The number of carbonyl (C=O) groups is 2. The van der Waals surface area contributed by atoms with E-state index in [1.54, 1.807) is 29.2 Å². The van der Waals surface area contributed by atoms with Crippen LogP contribution in [0.25, 0.3) is 0 Å². The second kappa shape index (κ2) is 13.7. The van der Waals surface area contributed by atoms with Crippen molar-refractivity contribution >= 4 is 27.5 Å². The number of carbonyl (C=O) groups excluding carboxylic acids is 2. The number of nitrogens with one attached hydrogen (secondary N) is 1. The van der Waals surface area contributed by atoms with Crippen LogP contribution in [0.5, 0.6) is 5.75 Å². The molecule has 2 rings (SSSR count). The number of ether oxygens (including phenoxy) is 1. The fourth-order valence-corrected chi connectivity index (χ4v) is 4.98. The van der Waals surface area contributed by atoms with Crippen molar-refractivity contribution in [2.24, 2.45) is 0 Å². The summed E-state index contributed by atoms with van der Waals surface area (Å²) >= 11 is 0. The topological polar surface area (TPSA) is 96.0 Å². The zero-order valence-corrected chi connectivity index (χ0v) is 21.9. The monoisotopic (exact) mass is 503 g/mol. The van der Waals surface area contributed by atoms with Gasteiger partial charge in [-0.2, -0.15) is 0 Å². The maximum Gasteiger partial charge on any atom is 0.242 e. The van der Waals surface area contributed by atoms with E-state index in [1.807, 2.05) is 44.2 Å². The molecule has 0 fully saturated rings. The molecule has 0 heterocycles. The highest BCUT2D eigenvalue weighted by molar-refractivity contribution is 7.92. The highest BCUT2D eigenvalue weighted by Gasteiger charge is 2.28. The third-order valence-corrected chi connectivity index (χ3v) is 6.91. The highest BCUT2D eigenvalue weighted by atomic mass is 32.2. The van der Waals surface area contributed by atoms with Gasteiger partial charge < -0.3 is 15.0 Å². The first-order valence-electron chi connectivity index (χ1n) is 11.9. The lowest BCUT2D eigenvalue weighted by Crippen LogP contribution is -2.50.